The summed E-state index contributed by atoms with van der Waals surface area (Å²) < 4.78 is 12.4. The SMILES string of the molecule is COc1ccc(-n2nnnc2SCC(=O)N/N=C/c2ccccc2OC(C)C)cc1. The lowest BCUT2D eigenvalue weighted by atomic mass is 10.2. The van der Waals surface area contributed by atoms with Crippen LogP contribution >= 0.6 is 11.8 Å². The molecule has 156 valence electrons. The van der Waals surface area contributed by atoms with Crippen LogP contribution in [0.1, 0.15) is 19.4 Å². The molecule has 0 fully saturated rings. The van der Waals surface area contributed by atoms with Crippen molar-refractivity contribution < 1.29 is 14.3 Å². The molecule has 0 atom stereocenters. The van der Waals surface area contributed by atoms with Crippen LogP contribution < -0.4 is 14.9 Å². The van der Waals surface area contributed by atoms with E-state index < -0.39 is 0 Å². The van der Waals surface area contributed by atoms with Gasteiger partial charge in [-0.25, -0.2) is 5.43 Å². The highest BCUT2D eigenvalue weighted by atomic mass is 32.2. The second-order valence-corrected chi connectivity index (χ2v) is 7.30. The molecule has 1 heterocycles. The number of para-hydroxylation sites is 1. The molecule has 0 aliphatic rings. The van der Waals surface area contributed by atoms with Gasteiger partial charge in [0, 0.05) is 5.56 Å². The number of tetrazole rings is 1. The van der Waals surface area contributed by atoms with Gasteiger partial charge in [-0.15, -0.1) is 5.10 Å². The molecule has 0 aliphatic heterocycles. The van der Waals surface area contributed by atoms with E-state index in [1.54, 1.807) is 18.0 Å². The molecule has 1 aromatic heterocycles. The average Bonchev–Trinajstić information content (AvgIpc) is 3.22. The summed E-state index contributed by atoms with van der Waals surface area (Å²) in [4.78, 5) is 12.2. The van der Waals surface area contributed by atoms with Gasteiger partial charge in [0.15, 0.2) is 0 Å². The average molecular weight is 427 g/mol. The number of rotatable bonds is 9. The Morgan fingerprint density at radius 1 is 1.23 bits per heavy atom. The zero-order valence-electron chi connectivity index (χ0n) is 16.8. The van der Waals surface area contributed by atoms with Crippen molar-refractivity contribution in [1.29, 1.82) is 0 Å². The Kier molecular flexibility index (Phi) is 7.39. The van der Waals surface area contributed by atoms with Gasteiger partial charge in [-0.1, -0.05) is 23.9 Å². The first-order valence-corrected chi connectivity index (χ1v) is 10.2. The fourth-order valence-electron chi connectivity index (χ4n) is 2.44. The number of nitrogens with zero attached hydrogens (tertiary/aromatic N) is 5. The third-order valence-electron chi connectivity index (χ3n) is 3.76. The van der Waals surface area contributed by atoms with Gasteiger partial charge in [0.05, 0.1) is 30.9 Å². The van der Waals surface area contributed by atoms with Crippen molar-refractivity contribution in [1.82, 2.24) is 25.6 Å². The van der Waals surface area contributed by atoms with Crippen LogP contribution in [0, 0.1) is 0 Å². The quantitative estimate of drug-likeness (QED) is 0.319. The number of amides is 1. The van der Waals surface area contributed by atoms with Gasteiger partial charge in [-0.2, -0.15) is 9.78 Å². The van der Waals surface area contributed by atoms with Crippen molar-refractivity contribution in [2.24, 2.45) is 5.10 Å². The maximum Gasteiger partial charge on any atom is 0.250 e. The highest BCUT2D eigenvalue weighted by Gasteiger charge is 2.11. The highest BCUT2D eigenvalue weighted by molar-refractivity contribution is 7.99. The van der Waals surface area contributed by atoms with Crippen LogP contribution in [0.2, 0.25) is 0 Å². The number of aromatic nitrogens is 4. The first kappa shape index (κ1) is 21.3. The fraction of sp³-hybridized carbons (Fsp3) is 0.250. The van der Waals surface area contributed by atoms with Crippen LogP contribution in [-0.2, 0) is 4.79 Å². The lowest BCUT2D eigenvalue weighted by molar-refractivity contribution is -0.118. The Labute approximate surface area is 178 Å². The van der Waals surface area contributed by atoms with E-state index in [4.69, 9.17) is 9.47 Å². The number of methoxy groups -OCH3 is 1. The first-order valence-electron chi connectivity index (χ1n) is 9.20. The minimum Gasteiger partial charge on any atom is -0.497 e. The molecule has 1 amide bonds. The van der Waals surface area contributed by atoms with Gasteiger partial charge in [0.2, 0.25) is 5.16 Å². The normalized spacial score (nSPS) is 11.1. The Bertz CT molecular complexity index is 1000. The van der Waals surface area contributed by atoms with Crippen LogP contribution in [0.25, 0.3) is 5.69 Å². The molecule has 0 saturated heterocycles. The number of hydrazone groups is 1. The molecule has 1 N–H and O–H groups in total. The van der Waals surface area contributed by atoms with E-state index in [-0.39, 0.29) is 17.8 Å². The van der Waals surface area contributed by atoms with E-state index in [1.807, 2.05) is 62.4 Å². The van der Waals surface area contributed by atoms with Gasteiger partial charge in [-0.3, -0.25) is 4.79 Å². The number of hydrogen-bond acceptors (Lipinski definition) is 8. The van der Waals surface area contributed by atoms with Crippen LogP contribution in [0.3, 0.4) is 0 Å². The van der Waals surface area contributed by atoms with Crippen molar-refractivity contribution in [3.05, 3.63) is 54.1 Å². The van der Waals surface area contributed by atoms with Gasteiger partial charge in [0.1, 0.15) is 11.5 Å². The van der Waals surface area contributed by atoms with E-state index in [1.165, 1.54) is 11.8 Å². The standard InChI is InChI=1S/C20H22N6O3S/c1-14(2)29-18-7-5-4-6-15(18)12-21-22-19(27)13-30-20-23-24-25-26(20)16-8-10-17(28-3)11-9-16/h4-12,14H,13H2,1-3H3,(H,22,27)/b21-12+. The summed E-state index contributed by atoms with van der Waals surface area (Å²) in [7, 11) is 1.60. The Balaban J connectivity index is 1.56. The van der Waals surface area contributed by atoms with E-state index in [0.717, 1.165) is 17.0 Å². The molecule has 3 rings (SSSR count). The molecule has 0 radical (unpaired) electrons. The summed E-state index contributed by atoms with van der Waals surface area (Å²) in [5, 5.41) is 16.2. The molecule has 0 saturated carbocycles. The number of carbonyl (C=O) groups is 1. The number of benzene rings is 2. The monoisotopic (exact) mass is 426 g/mol. The molecule has 2 aromatic carbocycles. The molecule has 0 unspecified atom stereocenters. The second-order valence-electron chi connectivity index (χ2n) is 6.36. The number of carbonyl (C=O) groups excluding carboxylic acids is 1. The zero-order chi connectivity index (χ0) is 21.3. The van der Waals surface area contributed by atoms with Crippen molar-refractivity contribution >= 4 is 23.9 Å². The van der Waals surface area contributed by atoms with Crippen molar-refractivity contribution in [3.63, 3.8) is 0 Å². The van der Waals surface area contributed by atoms with E-state index >= 15 is 0 Å². The maximum absolute atomic E-state index is 12.2. The topological polar surface area (TPSA) is 104 Å². The Morgan fingerprint density at radius 3 is 2.73 bits per heavy atom. The Morgan fingerprint density at radius 2 is 2.00 bits per heavy atom. The van der Waals surface area contributed by atoms with Gasteiger partial charge >= 0.3 is 0 Å². The summed E-state index contributed by atoms with van der Waals surface area (Å²) in [6, 6.07) is 14.8. The minimum absolute atomic E-state index is 0.0437. The van der Waals surface area contributed by atoms with E-state index in [9.17, 15) is 4.79 Å². The van der Waals surface area contributed by atoms with Gasteiger partial charge in [0.25, 0.3) is 5.91 Å². The molecular formula is C20H22N6O3S. The smallest absolute Gasteiger partial charge is 0.250 e. The molecular weight excluding hydrogens is 404 g/mol. The molecule has 0 spiro atoms. The van der Waals surface area contributed by atoms with Crippen molar-refractivity contribution in [2.75, 3.05) is 12.9 Å². The summed E-state index contributed by atoms with van der Waals surface area (Å²) in [6.45, 7) is 3.90. The lowest BCUT2D eigenvalue weighted by Gasteiger charge is -2.11. The highest BCUT2D eigenvalue weighted by Crippen LogP contribution is 2.20. The first-order chi connectivity index (χ1) is 14.6. The van der Waals surface area contributed by atoms with E-state index in [0.29, 0.717) is 10.9 Å². The summed E-state index contributed by atoms with van der Waals surface area (Å²) in [5.74, 6) is 1.28. The molecule has 3 aromatic rings. The summed E-state index contributed by atoms with van der Waals surface area (Å²) >= 11 is 1.21. The molecule has 9 nitrogen and oxygen atoms in total. The van der Waals surface area contributed by atoms with Crippen molar-refractivity contribution in [2.45, 2.75) is 25.1 Å². The van der Waals surface area contributed by atoms with Crippen LogP contribution in [0.5, 0.6) is 11.5 Å². The predicted octanol–water partition coefficient (Wildman–Crippen LogP) is 2.70. The molecule has 0 aliphatic carbocycles. The largest absolute Gasteiger partial charge is 0.497 e. The van der Waals surface area contributed by atoms with Crippen LogP contribution in [0.15, 0.2) is 58.8 Å². The number of ether oxygens (including phenoxy) is 2. The van der Waals surface area contributed by atoms with Gasteiger partial charge < -0.3 is 9.47 Å². The third-order valence-corrected chi connectivity index (χ3v) is 4.68. The number of hydrogen-bond donors (Lipinski definition) is 1. The van der Waals surface area contributed by atoms with Crippen molar-refractivity contribution in [3.8, 4) is 17.2 Å². The molecule has 30 heavy (non-hydrogen) atoms. The second kappa shape index (κ2) is 10.4. The molecule has 10 heteroatoms. The summed E-state index contributed by atoms with van der Waals surface area (Å²) in [6.07, 6.45) is 1.60. The van der Waals surface area contributed by atoms with Crippen LogP contribution in [-0.4, -0.2) is 51.3 Å². The number of thioether (sulfide) groups is 1. The zero-order valence-corrected chi connectivity index (χ0v) is 17.7. The lowest BCUT2D eigenvalue weighted by Crippen LogP contribution is -2.20. The predicted molar refractivity (Wildman–Crippen MR) is 114 cm³/mol. The summed E-state index contributed by atoms with van der Waals surface area (Å²) in [5.41, 5.74) is 4.06. The molecule has 0 bridgehead atoms. The number of nitrogens with one attached hydrogen (secondary N) is 1. The van der Waals surface area contributed by atoms with E-state index in [2.05, 4.69) is 26.1 Å². The van der Waals surface area contributed by atoms with Gasteiger partial charge in [-0.05, 0) is 60.7 Å². The third kappa shape index (κ3) is 5.80. The Hall–Kier alpha value is -3.40. The fourth-order valence-corrected chi connectivity index (χ4v) is 3.12. The van der Waals surface area contributed by atoms with Crippen LogP contribution in [0.4, 0.5) is 0 Å². The minimum atomic E-state index is -0.275. The maximum atomic E-state index is 12.2.